The van der Waals surface area contributed by atoms with Gasteiger partial charge < -0.3 is 24.8 Å². The Hall–Kier alpha value is -2.42. The van der Waals surface area contributed by atoms with E-state index in [1.54, 1.807) is 11.2 Å². The van der Waals surface area contributed by atoms with Gasteiger partial charge in [0.2, 0.25) is 17.7 Å². The Kier molecular flexibility index (Phi) is 4.63. The van der Waals surface area contributed by atoms with Gasteiger partial charge >= 0.3 is 0 Å². The van der Waals surface area contributed by atoms with Crippen molar-refractivity contribution >= 4 is 17.7 Å². The summed E-state index contributed by atoms with van der Waals surface area (Å²) in [5.41, 5.74) is 1.48. The molecule has 4 heterocycles. The third-order valence-corrected chi connectivity index (χ3v) is 6.03. The normalized spacial score (nSPS) is 24.0. The van der Waals surface area contributed by atoms with Gasteiger partial charge in [-0.3, -0.25) is 14.4 Å². The minimum absolute atomic E-state index is 0.0245. The van der Waals surface area contributed by atoms with Crippen molar-refractivity contribution in [2.45, 2.75) is 43.7 Å². The molecular formula is C18H25N5O4. The van der Waals surface area contributed by atoms with E-state index in [4.69, 9.17) is 4.74 Å². The Bertz CT molecular complexity index is 753. The first kappa shape index (κ1) is 18.0. The summed E-state index contributed by atoms with van der Waals surface area (Å²) < 4.78 is 5.07. The van der Waals surface area contributed by atoms with Gasteiger partial charge in [-0.25, -0.2) is 4.98 Å². The highest BCUT2D eigenvalue weighted by Crippen LogP contribution is 2.42. The topological polar surface area (TPSA) is 108 Å². The van der Waals surface area contributed by atoms with Crippen molar-refractivity contribution in [2.75, 3.05) is 33.4 Å². The number of ether oxygens (including phenoxy) is 1. The number of carbonyl (C=O) groups is 3. The number of piperidine rings is 1. The molecule has 0 bridgehead atoms. The summed E-state index contributed by atoms with van der Waals surface area (Å²) in [6.45, 7) is 1.73. The average molecular weight is 375 g/mol. The van der Waals surface area contributed by atoms with Crippen molar-refractivity contribution in [1.29, 1.82) is 0 Å². The van der Waals surface area contributed by atoms with E-state index < -0.39 is 11.6 Å². The maximum Gasteiger partial charge on any atom is 0.249 e. The fraction of sp³-hybridized carbons (Fsp3) is 0.667. The summed E-state index contributed by atoms with van der Waals surface area (Å²) in [6, 6.07) is -0.412. The first-order valence-electron chi connectivity index (χ1n) is 9.45. The lowest BCUT2D eigenvalue weighted by molar-refractivity contribution is -0.148. The zero-order valence-corrected chi connectivity index (χ0v) is 15.5. The molecule has 9 nitrogen and oxygen atoms in total. The molecule has 2 saturated heterocycles. The summed E-state index contributed by atoms with van der Waals surface area (Å²) in [7, 11) is 1.52. The average Bonchev–Trinajstić information content (AvgIpc) is 3.32. The first-order chi connectivity index (χ1) is 13.0. The fourth-order valence-electron chi connectivity index (χ4n) is 4.67. The fourth-order valence-corrected chi connectivity index (χ4v) is 4.67. The largest absolute Gasteiger partial charge is 0.375 e. The van der Waals surface area contributed by atoms with Gasteiger partial charge in [-0.05, 0) is 19.3 Å². The Morgan fingerprint density at radius 2 is 2.07 bits per heavy atom. The molecule has 0 unspecified atom stereocenters. The van der Waals surface area contributed by atoms with Crippen molar-refractivity contribution in [2.24, 2.45) is 0 Å². The second-order valence-electron chi connectivity index (χ2n) is 7.47. The van der Waals surface area contributed by atoms with Gasteiger partial charge in [0.25, 0.3) is 0 Å². The van der Waals surface area contributed by atoms with Gasteiger partial charge in [0, 0.05) is 45.3 Å². The van der Waals surface area contributed by atoms with Crippen LogP contribution < -0.4 is 5.32 Å². The summed E-state index contributed by atoms with van der Waals surface area (Å²) in [5, 5.41) is 2.75. The van der Waals surface area contributed by atoms with Gasteiger partial charge in [-0.15, -0.1) is 0 Å². The molecule has 1 spiro atoms. The molecule has 0 aromatic carbocycles. The lowest BCUT2D eigenvalue weighted by Gasteiger charge is -2.50. The highest BCUT2D eigenvalue weighted by molar-refractivity contribution is 5.91. The number of amides is 3. The van der Waals surface area contributed by atoms with Gasteiger partial charge in [-0.1, -0.05) is 0 Å². The van der Waals surface area contributed by atoms with Crippen LogP contribution in [0.4, 0.5) is 0 Å². The number of hydrogen-bond acceptors (Lipinski definition) is 5. The zero-order valence-electron chi connectivity index (χ0n) is 15.5. The van der Waals surface area contributed by atoms with Crippen LogP contribution >= 0.6 is 0 Å². The quantitative estimate of drug-likeness (QED) is 0.743. The van der Waals surface area contributed by atoms with Crippen LogP contribution in [0.15, 0.2) is 6.33 Å². The minimum atomic E-state index is -0.501. The Morgan fingerprint density at radius 3 is 2.74 bits per heavy atom. The number of methoxy groups -OCH3 is 1. The van der Waals surface area contributed by atoms with Gasteiger partial charge in [0.15, 0.2) is 0 Å². The monoisotopic (exact) mass is 375 g/mol. The third kappa shape index (κ3) is 2.99. The number of rotatable bonds is 3. The van der Waals surface area contributed by atoms with E-state index in [1.807, 2.05) is 4.90 Å². The van der Waals surface area contributed by atoms with Crippen LogP contribution in [0.5, 0.6) is 0 Å². The van der Waals surface area contributed by atoms with Gasteiger partial charge in [0.05, 0.1) is 17.6 Å². The molecule has 1 aromatic rings. The Labute approximate surface area is 157 Å². The Morgan fingerprint density at radius 1 is 1.30 bits per heavy atom. The number of nitrogens with one attached hydrogen (secondary N) is 2. The molecule has 27 heavy (non-hydrogen) atoms. The molecule has 3 aliphatic heterocycles. The summed E-state index contributed by atoms with van der Waals surface area (Å²) >= 11 is 0. The van der Waals surface area contributed by atoms with Crippen molar-refractivity contribution < 1.29 is 19.1 Å². The van der Waals surface area contributed by atoms with E-state index in [-0.39, 0.29) is 24.3 Å². The van der Waals surface area contributed by atoms with E-state index in [1.165, 1.54) is 7.11 Å². The lowest BCUT2D eigenvalue weighted by Crippen LogP contribution is -2.60. The van der Waals surface area contributed by atoms with Crippen LogP contribution in [-0.2, 0) is 31.1 Å². The van der Waals surface area contributed by atoms with E-state index in [2.05, 4.69) is 15.3 Å². The molecular weight excluding hydrogens is 350 g/mol. The molecule has 1 aromatic heterocycles. The smallest absolute Gasteiger partial charge is 0.249 e. The van der Waals surface area contributed by atoms with Crippen LogP contribution in [-0.4, -0.2) is 76.9 Å². The lowest BCUT2D eigenvalue weighted by atomic mass is 9.78. The predicted molar refractivity (Wildman–Crippen MR) is 94.5 cm³/mol. The summed E-state index contributed by atoms with van der Waals surface area (Å²) in [6.07, 6.45) is 4.65. The number of aromatic nitrogens is 2. The molecule has 2 N–H and O–H groups in total. The maximum absolute atomic E-state index is 12.7. The van der Waals surface area contributed by atoms with Crippen LogP contribution in [0.25, 0.3) is 0 Å². The van der Waals surface area contributed by atoms with E-state index in [9.17, 15) is 14.4 Å². The first-order valence-corrected chi connectivity index (χ1v) is 9.45. The molecule has 0 radical (unpaired) electrons. The molecule has 2 fully saturated rings. The summed E-state index contributed by atoms with van der Waals surface area (Å²) in [5.74, 6) is -0.135. The van der Waals surface area contributed by atoms with E-state index in [0.29, 0.717) is 45.3 Å². The molecule has 0 aliphatic carbocycles. The second-order valence-corrected chi connectivity index (χ2v) is 7.47. The number of carbonyl (C=O) groups excluding carboxylic acids is 3. The maximum atomic E-state index is 12.7. The van der Waals surface area contributed by atoms with E-state index in [0.717, 1.165) is 17.8 Å². The van der Waals surface area contributed by atoms with Crippen LogP contribution in [0.1, 0.15) is 37.1 Å². The number of aromatic amines is 1. The molecule has 9 heteroatoms. The standard InChI is InChI=1S/C18H25N5O4/c1-27-10-15(25)23-7-4-12-16(20-11-19-12)18(23)5-8-22(9-6-18)17(26)13-2-3-14(24)21-13/h11,13H,2-10H2,1H3,(H,19,20)(H,21,24)/t13-/m1/s1. The van der Waals surface area contributed by atoms with Crippen LogP contribution in [0, 0.1) is 0 Å². The summed E-state index contributed by atoms with van der Waals surface area (Å²) in [4.78, 5) is 48.3. The number of H-pyrrole nitrogens is 1. The molecule has 3 amide bonds. The number of imidazole rings is 1. The van der Waals surface area contributed by atoms with Gasteiger partial charge in [-0.2, -0.15) is 0 Å². The minimum Gasteiger partial charge on any atom is -0.375 e. The zero-order chi connectivity index (χ0) is 19.0. The molecule has 4 rings (SSSR count). The molecule has 3 aliphatic rings. The molecule has 1 atom stereocenters. The van der Waals surface area contributed by atoms with Crippen LogP contribution in [0.2, 0.25) is 0 Å². The second kappa shape index (κ2) is 6.95. The highest BCUT2D eigenvalue weighted by atomic mass is 16.5. The number of fused-ring (bicyclic) bond motifs is 2. The molecule has 146 valence electrons. The number of hydrogen-bond donors (Lipinski definition) is 2. The molecule has 0 saturated carbocycles. The number of likely N-dealkylation sites (tertiary alicyclic amines) is 1. The van der Waals surface area contributed by atoms with Crippen molar-refractivity contribution in [3.63, 3.8) is 0 Å². The van der Waals surface area contributed by atoms with Gasteiger partial charge in [0.1, 0.15) is 12.6 Å². The van der Waals surface area contributed by atoms with Crippen molar-refractivity contribution in [1.82, 2.24) is 25.1 Å². The van der Waals surface area contributed by atoms with Crippen molar-refractivity contribution in [3.8, 4) is 0 Å². The Balaban J connectivity index is 1.54. The highest BCUT2D eigenvalue weighted by Gasteiger charge is 2.49. The number of nitrogens with zero attached hydrogens (tertiary/aromatic N) is 3. The van der Waals surface area contributed by atoms with Crippen LogP contribution in [0.3, 0.4) is 0 Å². The third-order valence-electron chi connectivity index (χ3n) is 6.03. The SMILES string of the molecule is COCC(=O)N1CCc2[nH]cnc2C12CCN(C(=O)[C@H]1CCC(=O)N1)CC2. The van der Waals surface area contributed by atoms with Crippen molar-refractivity contribution in [3.05, 3.63) is 17.7 Å². The van der Waals surface area contributed by atoms with E-state index >= 15 is 0 Å². The predicted octanol–water partition coefficient (Wildman–Crippen LogP) is -0.463.